The summed E-state index contributed by atoms with van der Waals surface area (Å²) < 4.78 is 0. The van der Waals surface area contributed by atoms with Crippen LogP contribution in [0.15, 0.2) is 6.20 Å². The van der Waals surface area contributed by atoms with E-state index >= 15 is 0 Å². The highest BCUT2D eigenvalue weighted by atomic mass is 32.1. The number of aromatic nitrogens is 2. The molecule has 0 atom stereocenters. The number of nitrogens with one attached hydrogen (secondary N) is 2. The predicted molar refractivity (Wildman–Crippen MR) is 83.3 cm³/mol. The largest absolute Gasteiger partial charge is 0.382 e. The molecule has 2 aromatic rings. The molecule has 0 aromatic carbocycles. The molecule has 0 saturated carbocycles. The van der Waals surface area contributed by atoms with Crippen LogP contribution < -0.4 is 16.4 Å². The van der Waals surface area contributed by atoms with Crippen LogP contribution in [0.1, 0.15) is 33.4 Å². The van der Waals surface area contributed by atoms with Crippen LogP contribution in [0, 0.1) is 6.92 Å². The predicted octanol–water partition coefficient (Wildman–Crippen LogP) is 2.24. The van der Waals surface area contributed by atoms with Gasteiger partial charge in [-0.2, -0.15) is 0 Å². The molecule has 1 amide bonds. The van der Waals surface area contributed by atoms with Gasteiger partial charge in [0, 0.05) is 17.1 Å². The summed E-state index contributed by atoms with van der Waals surface area (Å²) in [6, 6.07) is 0.245. The van der Waals surface area contributed by atoms with E-state index in [0.717, 1.165) is 9.88 Å². The van der Waals surface area contributed by atoms with E-state index in [4.69, 9.17) is 5.73 Å². The fraction of sp³-hybridized carbons (Fsp3) is 0.417. The summed E-state index contributed by atoms with van der Waals surface area (Å²) >= 11 is 2.82. The second-order valence-electron chi connectivity index (χ2n) is 4.58. The number of aryl methyl sites for hydroxylation is 1. The molecule has 4 N–H and O–H groups in total. The van der Waals surface area contributed by atoms with Crippen LogP contribution in [-0.2, 0) is 6.54 Å². The van der Waals surface area contributed by atoms with Crippen molar-refractivity contribution >= 4 is 39.5 Å². The molecule has 2 heterocycles. The molecular weight excluding hydrogens is 294 g/mol. The minimum absolute atomic E-state index is 0.218. The Balaban J connectivity index is 2.00. The van der Waals surface area contributed by atoms with E-state index in [1.165, 1.54) is 11.3 Å². The Kier molecular flexibility index (Phi) is 4.56. The van der Waals surface area contributed by atoms with Crippen LogP contribution in [0.5, 0.6) is 0 Å². The van der Waals surface area contributed by atoms with Gasteiger partial charge in [0.2, 0.25) is 0 Å². The molecular formula is C12H17N5OS2. The van der Waals surface area contributed by atoms with Crippen LogP contribution in [0.25, 0.3) is 0 Å². The van der Waals surface area contributed by atoms with Crippen molar-refractivity contribution in [3.05, 3.63) is 21.0 Å². The van der Waals surface area contributed by atoms with Gasteiger partial charge in [0.15, 0.2) is 5.13 Å². The molecule has 0 fully saturated rings. The van der Waals surface area contributed by atoms with Gasteiger partial charge in [-0.15, -0.1) is 11.3 Å². The number of thiazole rings is 2. The van der Waals surface area contributed by atoms with Crippen molar-refractivity contribution in [2.24, 2.45) is 0 Å². The van der Waals surface area contributed by atoms with E-state index in [1.54, 1.807) is 17.5 Å². The monoisotopic (exact) mass is 311 g/mol. The van der Waals surface area contributed by atoms with Gasteiger partial charge in [0.05, 0.1) is 6.54 Å². The third kappa shape index (κ3) is 3.67. The second kappa shape index (κ2) is 6.19. The van der Waals surface area contributed by atoms with Crippen LogP contribution in [0.2, 0.25) is 0 Å². The lowest BCUT2D eigenvalue weighted by molar-refractivity contribution is 0.0955. The molecule has 0 saturated heterocycles. The van der Waals surface area contributed by atoms with E-state index in [1.807, 2.05) is 20.8 Å². The Hall–Kier alpha value is -1.67. The topological polar surface area (TPSA) is 92.9 Å². The lowest BCUT2D eigenvalue weighted by atomic mass is 10.4. The fourth-order valence-electron chi connectivity index (χ4n) is 1.52. The van der Waals surface area contributed by atoms with E-state index in [2.05, 4.69) is 20.6 Å². The number of nitrogens with zero attached hydrogens (tertiary/aromatic N) is 2. The molecule has 2 rings (SSSR count). The van der Waals surface area contributed by atoms with Crippen molar-refractivity contribution in [1.82, 2.24) is 15.3 Å². The molecule has 0 spiro atoms. The number of rotatable bonds is 5. The maximum absolute atomic E-state index is 12.1. The number of amides is 1. The average molecular weight is 311 g/mol. The van der Waals surface area contributed by atoms with Crippen molar-refractivity contribution in [1.29, 1.82) is 0 Å². The molecule has 6 nitrogen and oxygen atoms in total. The van der Waals surface area contributed by atoms with Gasteiger partial charge >= 0.3 is 0 Å². The maximum atomic E-state index is 12.1. The third-order valence-electron chi connectivity index (χ3n) is 2.34. The number of carbonyl (C=O) groups excluding carboxylic acids is 1. The standard InChI is InChI=1S/C12H17N5OS2/c1-6(2)16-12-17-10(13)9(20-12)11(18)15-5-8-14-4-7(3)19-8/h4,6H,5,13H2,1-3H3,(H,15,18)(H,16,17). The van der Waals surface area contributed by atoms with E-state index in [9.17, 15) is 4.79 Å². The molecule has 0 aliphatic rings. The molecule has 20 heavy (non-hydrogen) atoms. The summed E-state index contributed by atoms with van der Waals surface area (Å²) in [7, 11) is 0. The Morgan fingerprint density at radius 3 is 2.80 bits per heavy atom. The zero-order chi connectivity index (χ0) is 14.7. The van der Waals surface area contributed by atoms with Gasteiger partial charge in [-0.1, -0.05) is 11.3 Å². The summed E-state index contributed by atoms with van der Waals surface area (Å²) in [5.41, 5.74) is 5.78. The van der Waals surface area contributed by atoms with Gasteiger partial charge in [-0.25, -0.2) is 9.97 Å². The van der Waals surface area contributed by atoms with Gasteiger partial charge < -0.3 is 16.4 Å². The highest BCUT2D eigenvalue weighted by Crippen LogP contribution is 2.25. The molecule has 108 valence electrons. The Morgan fingerprint density at radius 2 is 2.20 bits per heavy atom. The van der Waals surface area contributed by atoms with E-state index in [0.29, 0.717) is 16.6 Å². The SMILES string of the molecule is Cc1cnc(CNC(=O)c2sc(NC(C)C)nc2N)s1. The van der Waals surface area contributed by atoms with E-state index < -0.39 is 0 Å². The summed E-state index contributed by atoms with van der Waals surface area (Å²) in [4.78, 5) is 22.0. The summed E-state index contributed by atoms with van der Waals surface area (Å²) in [6.45, 7) is 6.39. The third-order valence-corrected chi connectivity index (χ3v) is 4.25. The first-order valence-electron chi connectivity index (χ1n) is 6.18. The van der Waals surface area contributed by atoms with Crippen molar-refractivity contribution in [2.45, 2.75) is 33.4 Å². The van der Waals surface area contributed by atoms with Gasteiger partial charge in [-0.3, -0.25) is 4.79 Å². The fourth-order valence-corrected chi connectivity index (χ4v) is 3.20. The minimum Gasteiger partial charge on any atom is -0.382 e. The average Bonchev–Trinajstić information content (AvgIpc) is 2.92. The van der Waals surface area contributed by atoms with Crippen molar-refractivity contribution in [3.8, 4) is 0 Å². The molecule has 8 heteroatoms. The minimum atomic E-state index is -0.218. The number of nitrogen functional groups attached to an aromatic ring is 1. The molecule has 0 bridgehead atoms. The number of hydrogen-bond acceptors (Lipinski definition) is 7. The van der Waals surface area contributed by atoms with Gasteiger partial charge in [0.25, 0.3) is 5.91 Å². The van der Waals surface area contributed by atoms with Gasteiger partial charge in [0.1, 0.15) is 15.7 Å². The first-order chi connectivity index (χ1) is 9.45. The van der Waals surface area contributed by atoms with Crippen LogP contribution >= 0.6 is 22.7 Å². The highest BCUT2D eigenvalue weighted by Gasteiger charge is 2.16. The van der Waals surface area contributed by atoms with Crippen LogP contribution in [0.3, 0.4) is 0 Å². The lowest BCUT2D eigenvalue weighted by Crippen LogP contribution is -2.22. The second-order valence-corrected chi connectivity index (χ2v) is 6.90. The zero-order valence-electron chi connectivity index (χ0n) is 11.6. The quantitative estimate of drug-likeness (QED) is 0.787. The summed E-state index contributed by atoms with van der Waals surface area (Å²) in [5.74, 6) is 0.0376. The van der Waals surface area contributed by atoms with Gasteiger partial charge in [-0.05, 0) is 20.8 Å². The molecule has 2 aromatic heterocycles. The Labute approximate surface area is 125 Å². The summed E-state index contributed by atoms with van der Waals surface area (Å²) in [5, 5.41) is 7.48. The van der Waals surface area contributed by atoms with Crippen LogP contribution in [0.4, 0.5) is 10.9 Å². The van der Waals surface area contributed by atoms with Crippen molar-refractivity contribution < 1.29 is 4.79 Å². The molecule has 0 radical (unpaired) electrons. The Morgan fingerprint density at radius 1 is 1.45 bits per heavy atom. The summed E-state index contributed by atoms with van der Waals surface area (Å²) in [6.07, 6.45) is 1.79. The number of nitrogens with two attached hydrogens (primary N) is 1. The number of anilines is 2. The molecule has 0 aliphatic heterocycles. The molecule has 0 unspecified atom stereocenters. The van der Waals surface area contributed by atoms with Crippen molar-refractivity contribution in [3.63, 3.8) is 0 Å². The van der Waals surface area contributed by atoms with Crippen molar-refractivity contribution in [2.75, 3.05) is 11.1 Å². The first kappa shape index (κ1) is 14.7. The first-order valence-corrected chi connectivity index (χ1v) is 7.81. The number of carbonyl (C=O) groups is 1. The van der Waals surface area contributed by atoms with E-state index in [-0.39, 0.29) is 17.8 Å². The molecule has 0 aliphatic carbocycles. The number of hydrogen-bond donors (Lipinski definition) is 3. The smallest absolute Gasteiger partial charge is 0.265 e. The highest BCUT2D eigenvalue weighted by molar-refractivity contribution is 7.18. The zero-order valence-corrected chi connectivity index (χ0v) is 13.2. The normalized spacial score (nSPS) is 10.8. The van der Waals surface area contributed by atoms with Crippen LogP contribution in [-0.4, -0.2) is 21.9 Å². The lowest BCUT2D eigenvalue weighted by Gasteiger charge is -2.04. The maximum Gasteiger partial charge on any atom is 0.265 e. The Bertz CT molecular complexity index is 605.